The van der Waals surface area contributed by atoms with E-state index in [2.05, 4.69) is 25.5 Å². The molecule has 1 unspecified atom stereocenters. The monoisotopic (exact) mass is 497 g/mol. The zero-order valence-electron chi connectivity index (χ0n) is 49.3. The van der Waals surface area contributed by atoms with Crippen LogP contribution in [0.5, 0.6) is 11.6 Å². The molecule has 0 saturated carbocycles. The van der Waals surface area contributed by atoms with Crippen molar-refractivity contribution in [2.45, 2.75) is 89.8 Å². The van der Waals surface area contributed by atoms with E-state index in [0.717, 1.165) is 0 Å². The fourth-order valence-corrected chi connectivity index (χ4v) is 2.14. The number of ether oxygens (including phenoxy) is 3. The Morgan fingerprint density at radius 1 is 1.27 bits per heavy atom. The van der Waals surface area contributed by atoms with Gasteiger partial charge in [0.25, 0.3) is 0 Å². The van der Waals surface area contributed by atoms with Crippen molar-refractivity contribution in [3.8, 4) is 11.6 Å². The molecule has 0 amide bonds. The summed E-state index contributed by atoms with van der Waals surface area (Å²) in [4.78, 5) is 0. The molecular formula is C24H36N2O7. The van der Waals surface area contributed by atoms with Crippen LogP contribution in [-0.2, 0) is 11.1 Å². The van der Waals surface area contributed by atoms with Crippen molar-refractivity contribution < 1.29 is 74.4 Å². The van der Waals surface area contributed by atoms with Crippen LogP contribution >= 0.6 is 0 Å². The lowest BCUT2D eigenvalue weighted by Crippen LogP contribution is -2.60. The number of rotatable bonds is 13. The zero-order chi connectivity index (χ0) is 52.4. The molecule has 2 heterocycles. The zero-order valence-corrected chi connectivity index (χ0v) is 16.3. The fourth-order valence-electron chi connectivity index (χ4n) is 2.14. The highest BCUT2D eigenvalue weighted by molar-refractivity contribution is 5.38. The van der Waals surface area contributed by atoms with E-state index in [-0.39, 0.29) is 0 Å². The molecule has 1 aromatic carbocycles. The Labute approximate surface area is 241 Å². The first-order valence-electron chi connectivity index (χ1n) is 24.5. The molecule has 0 aliphatic carbocycles. The normalized spacial score (nSPS) is 56.1. The first-order chi connectivity index (χ1) is 29.0. The van der Waals surface area contributed by atoms with Crippen molar-refractivity contribution in [2.24, 2.45) is 0 Å². The Morgan fingerprint density at radius 2 is 2.09 bits per heavy atom. The quantitative estimate of drug-likeness (QED) is 0.330. The SMILES string of the molecule is [2H]OC([2H])([2H])[C@@]1([2H])O[C@@]([2H])(Oc2nn(C([2H])(C([2H])([2H])[2H])C([2H])([2H])[2H])c(C([2H])([2H])[2H])c2C([2H])([2H])c2c([2H])c([2H])c(OC([2H])(C([2H])([2H])[2H])C([2H])([2H])C)c([2H])c2[2H])[C@]([2H])(O[2H])[C@@]([2H])(O[2H])[C@]1([2H])O[2H]. The molecule has 1 aliphatic heterocycles. The Balaban J connectivity index is 2.79. The molecule has 184 valence electrons. The van der Waals surface area contributed by atoms with Gasteiger partial charge in [-0.2, -0.15) is 0 Å². The maximum atomic E-state index is 9.24. The molecule has 9 nitrogen and oxygen atoms in total. The smallest absolute Gasteiger partial charge is 0.239 e. The molecule has 6 atom stereocenters. The second kappa shape index (κ2) is 10.8. The maximum absolute atomic E-state index is 9.24. The van der Waals surface area contributed by atoms with Crippen LogP contribution in [0.4, 0.5) is 0 Å². The van der Waals surface area contributed by atoms with E-state index in [1.54, 1.807) is 0 Å². The van der Waals surface area contributed by atoms with Crippen LogP contribution in [0.3, 0.4) is 0 Å². The Hall–Kier alpha value is -2.17. The number of benzene rings is 1. The molecule has 0 radical (unpaired) electrons. The average molecular weight is 498 g/mol. The van der Waals surface area contributed by atoms with Gasteiger partial charge in [-0.15, -0.1) is 5.10 Å². The van der Waals surface area contributed by atoms with Crippen molar-refractivity contribution in [1.29, 1.82) is 5.72 Å². The van der Waals surface area contributed by atoms with E-state index in [1.165, 1.54) is 0 Å². The summed E-state index contributed by atoms with van der Waals surface area (Å²) in [6.45, 7) is -20.5. The lowest BCUT2D eigenvalue weighted by molar-refractivity contribution is -0.278. The molecule has 0 bridgehead atoms. The van der Waals surface area contributed by atoms with Gasteiger partial charge in [-0.1, -0.05) is 19.0 Å². The third-order valence-corrected chi connectivity index (χ3v) is 3.63. The molecule has 0 spiro atoms. The largest absolute Gasteiger partial charge is 0.491 e. The second-order valence-electron chi connectivity index (χ2n) is 5.71. The number of hydrogen-bond donors (Lipinski definition) is 4. The Morgan fingerprint density at radius 3 is 2.73 bits per heavy atom. The minimum absolute atomic E-state index is 0.520. The van der Waals surface area contributed by atoms with Crippen molar-refractivity contribution >= 4 is 0 Å². The predicted octanol–water partition coefficient (Wildman–Crippen LogP) is 1.72. The number of nitrogens with zero attached hydrogens (tertiary/aromatic N) is 2. The van der Waals surface area contributed by atoms with Crippen molar-refractivity contribution in [3.63, 3.8) is 0 Å². The topological polar surface area (TPSA) is 126 Å². The number of aromatic nitrogens is 2. The summed E-state index contributed by atoms with van der Waals surface area (Å²) < 4.78 is 286. The standard InChI is InChI=1S/C24H36N2O7/c1-6-14(4)31-17-9-7-16(8-10-17)11-18-15(5)26(13(2)3)25-23(18)33-24-22(30)21(29)20(28)19(12-27)32-24/h7-10,13-14,19-22,24,27-30H,6,11-12H2,1-5H3/t14?,19-,20-,21+,22-,24+/m1/s1/i2D3,3D3,4D3,5D3,6D2,7D,8D,9D,10D,11D2,12D2,13D,14D,19D,20D,21D,22D,24D,27D,28D,29D,30D. The molecule has 1 aliphatic rings. The maximum Gasteiger partial charge on any atom is 0.239 e. The summed E-state index contributed by atoms with van der Waals surface area (Å²) >= 11 is 0. The molecule has 9 heteroatoms. The first kappa shape index (κ1) is 6.33. The minimum Gasteiger partial charge on any atom is -0.491 e. The Bertz CT molecular complexity index is 2100. The van der Waals surface area contributed by atoms with Gasteiger partial charge in [0.2, 0.25) is 17.9 Å². The molecule has 33 heavy (non-hydrogen) atoms. The van der Waals surface area contributed by atoms with Gasteiger partial charge in [-0.25, -0.2) is 0 Å². The predicted molar refractivity (Wildman–Crippen MR) is 121 cm³/mol. The van der Waals surface area contributed by atoms with E-state index < -0.39 is 147 Å². The van der Waals surface area contributed by atoms with Gasteiger partial charge in [0.15, 0.2) is 0 Å². The van der Waals surface area contributed by atoms with Crippen LogP contribution in [0, 0.1) is 6.85 Å². The Kier molecular flexibility index (Phi) is 2.08. The summed E-state index contributed by atoms with van der Waals surface area (Å²) in [6.07, 6.45) is -34.6. The van der Waals surface area contributed by atoms with Crippen molar-refractivity contribution in [3.05, 3.63) is 41.0 Å². The van der Waals surface area contributed by atoms with Gasteiger partial charge in [0.05, 0.1) is 29.1 Å². The highest BCUT2D eigenvalue weighted by Gasteiger charge is 2.45. The van der Waals surface area contributed by atoms with Gasteiger partial charge in [-0.3, -0.25) is 4.68 Å². The summed E-state index contributed by atoms with van der Waals surface area (Å²) in [5.74, 6) is -3.78. The van der Waals surface area contributed by atoms with Gasteiger partial charge in [0.1, 0.15) is 31.4 Å². The molecule has 4 N–H and O–H groups in total. The van der Waals surface area contributed by atoms with Gasteiger partial charge < -0.3 is 34.6 Å². The first-order valence-corrected chi connectivity index (χ1v) is 8.41. The molecular weight excluding hydrogens is 428 g/mol. The highest BCUT2D eigenvalue weighted by atomic mass is 16.7. The molecule has 1 saturated heterocycles. The number of hydrogen-bond acceptors (Lipinski definition) is 8. The molecule has 2 aromatic rings. The third kappa shape index (κ3) is 5.67. The van der Waals surface area contributed by atoms with Crippen molar-refractivity contribution in [1.82, 2.24) is 9.78 Å². The molecule has 3 rings (SSSR count). The lowest BCUT2D eigenvalue weighted by atomic mass is 9.99. The van der Waals surface area contributed by atoms with Crippen LogP contribution < -0.4 is 9.47 Å². The van der Waals surface area contributed by atoms with Crippen LogP contribution in [0.2, 0.25) is 0 Å². The van der Waals surface area contributed by atoms with Crippen LogP contribution in [-0.4, -0.2) is 79.2 Å². The fraction of sp³-hybridized carbons (Fsp3) is 0.625. The second-order valence-corrected chi connectivity index (χ2v) is 5.71. The summed E-state index contributed by atoms with van der Waals surface area (Å²) in [5.41, 5.74) is -6.01. The third-order valence-electron chi connectivity index (χ3n) is 3.63. The van der Waals surface area contributed by atoms with Crippen LogP contribution in [0.1, 0.15) is 96.4 Å². The van der Waals surface area contributed by atoms with Gasteiger partial charge in [-0.05, 0) is 51.4 Å². The van der Waals surface area contributed by atoms with E-state index in [9.17, 15) is 2.74 Å². The van der Waals surface area contributed by atoms with E-state index >= 15 is 0 Å². The van der Waals surface area contributed by atoms with Gasteiger partial charge in [0, 0.05) is 45.6 Å². The number of aliphatic hydroxyl groups is 4. The minimum atomic E-state index is -4.83. The molecule has 1 aromatic heterocycles. The van der Waals surface area contributed by atoms with Crippen LogP contribution in [0.15, 0.2) is 24.2 Å². The summed E-state index contributed by atoms with van der Waals surface area (Å²) in [7, 11) is 0. The van der Waals surface area contributed by atoms with Crippen LogP contribution in [0.25, 0.3) is 0 Å². The average Bonchev–Trinajstić information content (AvgIpc) is 3.55. The van der Waals surface area contributed by atoms with E-state index in [0.29, 0.717) is 6.92 Å². The summed E-state index contributed by atoms with van der Waals surface area (Å²) in [6, 6.07) is -11.3. The van der Waals surface area contributed by atoms with Gasteiger partial charge >= 0.3 is 0 Å². The highest BCUT2D eigenvalue weighted by Crippen LogP contribution is 2.31. The van der Waals surface area contributed by atoms with Crippen molar-refractivity contribution in [2.75, 3.05) is 6.56 Å². The summed E-state index contributed by atoms with van der Waals surface area (Å²) in [5, 5.41) is 19.2. The van der Waals surface area contributed by atoms with E-state index in [1.807, 2.05) is 0 Å². The van der Waals surface area contributed by atoms with E-state index in [4.69, 9.17) is 56.9 Å². The lowest BCUT2D eigenvalue weighted by Gasteiger charge is -2.39. The molecule has 1 fully saturated rings.